The predicted octanol–water partition coefficient (Wildman–Crippen LogP) is -0.154. The number of anilines is 1. The summed E-state index contributed by atoms with van der Waals surface area (Å²) in [5, 5.41) is 2.90. The van der Waals surface area contributed by atoms with E-state index in [1.54, 1.807) is 24.3 Å². The lowest BCUT2D eigenvalue weighted by Crippen LogP contribution is -2.80. The van der Waals surface area contributed by atoms with E-state index in [2.05, 4.69) is 5.32 Å². The molecule has 0 amide bonds. The maximum atomic E-state index is 12.0. The summed E-state index contributed by atoms with van der Waals surface area (Å²) in [4.78, 5) is 12.0. The minimum atomic E-state index is -3.79. The van der Waals surface area contributed by atoms with Crippen molar-refractivity contribution in [1.29, 1.82) is 0 Å². The molecule has 0 aliphatic heterocycles. The first-order valence-corrected chi connectivity index (χ1v) is 8.81. The molecule has 2 aromatic carbocycles. The van der Waals surface area contributed by atoms with Gasteiger partial charge in [0.25, 0.3) is 0 Å². The van der Waals surface area contributed by atoms with E-state index in [-0.39, 0.29) is 10.7 Å². The van der Waals surface area contributed by atoms with Crippen LogP contribution in [0.4, 0.5) is 5.69 Å². The van der Waals surface area contributed by atoms with Crippen LogP contribution < -0.4 is 21.2 Å². The molecule has 0 bridgehead atoms. The van der Waals surface area contributed by atoms with Crippen LogP contribution in [-0.4, -0.2) is 20.2 Å². The lowest BCUT2D eigenvalue weighted by atomic mass is 10.1. The Morgan fingerprint density at radius 3 is 2.20 bits per heavy atom. The van der Waals surface area contributed by atoms with Crippen LogP contribution in [0, 0.1) is 6.92 Å². The van der Waals surface area contributed by atoms with Gasteiger partial charge in [0.05, 0.1) is 0 Å². The zero-order chi connectivity index (χ0) is 18.4. The van der Waals surface area contributed by atoms with Crippen LogP contribution in [0.2, 0.25) is 0 Å². The third-order valence-corrected chi connectivity index (χ3v) is 4.63. The van der Waals surface area contributed by atoms with Crippen LogP contribution >= 0.6 is 0 Å². The Bertz CT molecular complexity index is 911. The molecule has 0 aliphatic carbocycles. The van der Waals surface area contributed by atoms with Crippen molar-refractivity contribution in [3.63, 3.8) is 0 Å². The van der Waals surface area contributed by atoms with Crippen molar-refractivity contribution >= 4 is 27.5 Å². The second kappa shape index (κ2) is 7.63. The minimum Gasteiger partial charge on any atom is -0.362 e. The van der Waals surface area contributed by atoms with Crippen molar-refractivity contribution in [2.45, 2.75) is 11.8 Å². The summed E-state index contributed by atoms with van der Waals surface area (Å²) in [7, 11) is -3.79. The smallest absolute Gasteiger partial charge is 0.353 e. The molecule has 2 aromatic rings. The lowest BCUT2D eigenvalue weighted by Gasteiger charge is -2.02. The molecule has 0 unspecified atom stereocenters. The normalized spacial score (nSPS) is 11.2. The van der Waals surface area contributed by atoms with Crippen LogP contribution in [0.25, 0.3) is 0 Å². The van der Waals surface area contributed by atoms with Gasteiger partial charge in [0, 0.05) is 23.5 Å². The number of nitrogens with one attached hydrogen (secondary N) is 2. The third kappa shape index (κ3) is 5.18. The zero-order valence-electron chi connectivity index (χ0n) is 13.6. The van der Waals surface area contributed by atoms with Gasteiger partial charge in [-0.3, -0.25) is 16.3 Å². The molecule has 0 saturated carbocycles. The molecule has 0 radical (unpaired) electrons. The summed E-state index contributed by atoms with van der Waals surface area (Å²) < 4.78 is 25.7. The highest BCUT2D eigenvalue weighted by molar-refractivity contribution is 7.84. The van der Waals surface area contributed by atoms with E-state index < -0.39 is 16.0 Å². The predicted molar refractivity (Wildman–Crippen MR) is 96.2 cm³/mol. The van der Waals surface area contributed by atoms with Gasteiger partial charge in [0.2, 0.25) is 0 Å². The number of guanidine groups is 1. The summed E-state index contributed by atoms with van der Waals surface area (Å²) in [5.41, 5.74) is 12.6. The molecule has 2 rings (SSSR count). The van der Waals surface area contributed by atoms with E-state index in [1.807, 2.05) is 23.5 Å². The molecule has 0 fully saturated rings. The lowest BCUT2D eigenvalue weighted by molar-refractivity contribution is -0.270. The summed E-state index contributed by atoms with van der Waals surface area (Å²) in [6, 6.07) is 13.2. The summed E-state index contributed by atoms with van der Waals surface area (Å²) in [6.45, 7) is 1.95. The fourth-order valence-corrected chi connectivity index (χ4v) is 2.89. The molecular weight excluding hydrogens is 340 g/mol. The van der Waals surface area contributed by atoms with Gasteiger partial charge in [-0.25, -0.2) is 0 Å². The number of aryl methyl sites for hydroxylation is 1. The van der Waals surface area contributed by atoms with Crippen molar-refractivity contribution in [1.82, 2.24) is 0 Å². The number of nitrogens with two attached hydrogens (primary N) is 2. The van der Waals surface area contributed by atoms with Crippen LogP contribution in [0.5, 0.6) is 0 Å². The first kappa shape index (κ1) is 18.2. The Labute approximate surface area is 146 Å². The second-order valence-corrected chi connectivity index (χ2v) is 6.98. The first-order chi connectivity index (χ1) is 11.8. The quantitative estimate of drug-likeness (QED) is 0.246. The summed E-state index contributed by atoms with van der Waals surface area (Å²) in [5.74, 6) is -0.537. The van der Waals surface area contributed by atoms with Gasteiger partial charge in [-0.2, -0.15) is 12.8 Å². The molecule has 130 valence electrons. The Kier molecular flexibility index (Phi) is 5.56. The minimum absolute atomic E-state index is 0.0196. The zero-order valence-corrected chi connectivity index (χ0v) is 14.4. The van der Waals surface area contributed by atoms with Gasteiger partial charge in [-0.15, -0.1) is 0 Å². The molecule has 0 heterocycles. The van der Waals surface area contributed by atoms with Gasteiger partial charge in [0.15, 0.2) is 5.78 Å². The van der Waals surface area contributed by atoms with E-state index in [0.717, 1.165) is 5.56 Å². The van der Waals surface area contributed by atoms with Gasteiger partial charge in [-0.05, 0) is 31.2 Å². The molecule has 25 heavy (non-hydrogen) atoms. The number of allylic oxidation sites excluding steroid dienone is 1. The van der Waals surface area contributed by atoms with Crippen LogP contribution in [-0.2, 0) is 10.0 Å². The number of benzene rings is 2. The summed E-state index contributed by atoms with van der Waals surface area (Å²) >= 11 is 0. The number of carbonyl (C=O) groups excluding carboxylic acids is 1. The first-order valence-electron chi connectivity index (χ1n) is 7.33. The highest BCUT2D eigenvalue weighted by Crippen LogP contribution is 2.12. The molecule has 6 N–H and O–H groups in total. The van der Waals surface area contributed by atoms with E-state index >= 15 is 0 Å². The fraction of sp³-hybridized carbons (Fsp3) is 0.0588. The monoisotopic (exact) mass is 359 g/mol. The topological polar surface area (TPSA) is 129 Å². The third-order valence-electron chi connectivity index (χ3n) is 3.24. The second-order valence-electron chi connectivity index (χ2n) is 5.29. The molecule has 0 saturated heterocycles. The number of rotatable bonds is 6. The van der Waals surface area contributed by atoms with Crippen molar-refractivity contribution in [3.8, 4) is 0 Å². The molecule has 0 aromatic heterocycles. The number of sulfonamides is 1. The van der Waals surface area contributed by atoms with Crippen LogP contribution in [0.3, 0.4) is 0 Å². The highest BCUT2D eigenvalue weighted by Gasteiger charge is 2.14. The maximum Gasteiger partial charge on any atom is 0.353 e. The van der Waals surface area contributed by atoms with E-state index in [1.165, 1.54) is 24.4 Å². The fourth-order valence-electron chi connectivity index (χ4n) is 1.97. The molecule has 0 aliphatic rings. The van der Waals surface area contributed by atoms with E-state index in [4.69, 9.17) is 11.5 Å². The number of hydrogen-bond acceptors (Lipinski definition) is 4. The Morgan fingerprint density at radius 1 is 1.04 bits per heavy atom. The standard InChI is InChI=1S/C17H18N4O3S/c1-12-2-4-13(5-3-12)16(22)10-11-20-14-6-8-15(9-7-14)25(23,24)21-17(18)19/h2-11,20H,1H3,(H4,18,19,21)/p+1/b11-10-. The van der Waals surface area contributed by atoms with E-state index in [9.17, 15) is 13.2 Å². The Hall–Kier alpha value is -3.13. The molecule has 0 spiro atoms. The highest BCUT2D eigenvalue weighted by atomic mass is 32.2. The van der Waals surface area contributed by atoms with Crippen LogP contribution in [0.15, 0.2) is 65.7 Å². The Balaban J connectivity index is 2.03. The summed E-state index contributed by atoms with van der Waals surface area (Å²) in [6.07, 6.45) is 2.90. The average Bonchev–Trinajstić information content (AvgIpc) is 2.54. The number of hydrogen-bond donors (Lipinski definition) is 4. The van der Waals surface area contributed by atoms with Gasteiger partial charge in [-0.1, -0.05) is 29.8 Å². The Morgan fingerprint density at radius 2 is 1.64 bits per heavy atom. The van der Waals surface area contributed by atoms with Gasteiger partial charge >= 0.3 is 16.0 Å². The molecule has 0 atom stereocenters. The number of carbonyl (C=O) groups is 1. The molecular formula is C17H19N4O3S+. The van der Waals surface area contributed by atoms with Crippen molar-refractivity contribution in [3.05, 3.63) is 71.9 Å². The van der Waals surface area contributed by atoms with Crippen molar-refractivity contribution in [2.75, 3.05) is 5.32 Å². The average molecular weight is 359 g/mol. The largest absolute Gasteiger partial charge is 0.362 e. The SMILES string of the molecule is Cc1ccc(C(=O)/C=C\Nc2ccc(S(=O)(=O)[NH+]=C(N)N)cc2)cc1. The van der Waals surface area contributed by atoms with Crippen molar-refractivity contribution < 1.29 is 17.6 Å². The van der Waals surface area contributed by atoms with Gasteiger partial charge in [0.1, 0.15) is 4.90 Å². The van der Waals surface area contributed by atoms with Gasteiger partial charge < -0.3 is 5.32 Å². The van der Waals surface area contributed by atoms with Crippen molar-refractivity contribution in [2.24, 2.45) is 11.5 Å². The van der Waals surface area contributed by atoms with E-state index in [0.29, 0.717) is 11.3 Å². The molecule has 8 heteroatoms. The molecule has 7 nitrogen and oxygen atoms in total. The van der Waals surface area contributed by atoms with Crippen LogP contribution in [0.1, 0.15) is 15.9 Å². The maximum absolute atomic E-state index is 12.0. The number of ketones is 1.